The molecule has 0 amide bonds. The third-order valence-electron chi connectivity index (χ3n) is 2.06. The number of rotatable bonds is 4. The number of benzene rings is 1. The Morgan fingerprint density at radius 1 is 1.47 bits per heavy atom. The molecule has 0 aromatic heterocycles. The zero-order chi connectivity index (χ0) is 11.4. The van der Waals surface area contributed by atoms with Gasteiger partial charge in [-0.2, -0.15) is 0 Å². The topological polar surface area (TPSA) is 52.3 Å². The summed E-state index contributed by atoms with van der Waals surface area (Å²) in [7, 11) is 0. The highest BCUT2D eigenvalue weighted by Crippen LogP contribution is 2.14. The van der Waals surface area contributed by atoms with Gasteiger partial charge < -0.3 is 10.5 Å². The van der Waals surface area contributed by atoms with Gasteiger partial charge in [-0.3, -0.25) is 4.79 Å². The van der Waals surface area contributed by atoms with Crippen LogP contribution in [0.15, 0.2) is 18.2 Å². The second-order valence-corrected chi connectivity index (χ2v) is 3.87. The maximum Gasteiger partial charge on any atom is 0.190 e. The van der Waals surface area contributed by atoms with Crippen molar-refractivity contribution < 1.29 is 9.53 Å². The SMILES string of the molecule is Cc1ccc(N)c(C(=O)COC(C)C)c1. The number of Topliss-reactive ketones (excluding diaryl/α,β-unsaturated/α-hetero) is 1. The fourth-order valence-electron chi connectivity index (χ4n) is 1.23. The third-order valence-corrected chi connectivity index (χ3v) is 2.06. The van der Waals surface area contributed by atoms with Crippen molar-refractivity contribution >= 4 is 11.5 Å². The molecule has 2 N–H and O–H groups in total. The second kappa shape index (κ2) is 4.94. The first-order chi connectivity index (χ1) is 7.00. The lowest BCUT2D eigenvalue weighted by Gasteiger charge is -2.08. The van der Waals surface area contributed by atoms with Crippen LogP contribution in [0, 0.1) is 6.92 Å². The number of hydrogen-bond donors (Lipinski definition) is 1. The summed E-state index contributed by atoms with van der Waals surface area (Å²) in [6, 6.07) is 5.43. The van der Waals surface area contributed by atoms with Crippen molar-refractivity contribution in [2.24, 2.45) is 0 Å². The maximum atomic E-state index is 11.7. The molecule has 1 aromatic rings. The summed E-state index contributed by atoms with van der Waals surface area (Å²) < 4.78 is 5.25. The second-order valence-electron chi connectivity index (χ2n) is 3.87. The van der Waals surface area contributed by atoms with Gasteiger partial charge in [0.2, 0.25) is 0 Å². The Hall–Kier alpha value is -1.35. The summed E-state index contributed by atoms with van der Waals surface area (Å²) >= 11 is 0. The number of hydrogen-bond acceptors (Lipinski definition) is 3. The van der Waals surface area contributed by atoms with E-state index in [1.165, 1.54) is 0 Å². The van der Waals surface area contributed by atoms with E-state index in [0.717, 1.165) is 5.56 Å². The number of ether oxygens (including phenoxy) is 1. The molecule has 0 saturated carbocycles. The van der Waals surface area contributed by atoms with Crippen LogP contribution in [0.1, 0.15) is 29.8 Å². The first-order valence-electron chi connectivity index (χ1n) is 5.01. The Labute approximate surface area is 90.2 Å². The fraction of sp³-hybridized carbons (Fsp3) is 0.417. The number of ketones is 1. The van der Waals surface area contributed by atoms with Crippen molar-refractivity contribution in [3.05, 3.63) is 29.3 Å². The van der Waals surface area contributed by atoms with Crippen LogP contribution in [0.2, 0.25) is 0 Å². The van der Waals surface area contributed by atoms with Crippen molar-refractivity contribution in [1.82, 2.24) is 0 Å². The van der Waals surface area contributed by atoms with Gasteiger partial charge in [-0.05, 0) is 32.9 Å². The Balaban J connectivity index is 2.77. The Morgan fingerprint density at radius 3 is 2.73 bits per heavy atom. The normalized spacial score (nSPS) is 10.7. The van der Waals surface area contributed by atoms with Gasteiger partial charge in [-0.1, -0.05) is 11.6 Å². The van der Waals surface area contributed by atoms with Gasteiger partial charge in [-0.25, -0.2) is 0 Å². The number of carbonyl (C=O) groups is 1. The van der Waals surface area contributed by atoms with Crippen LogP contribution < -0.4 is 5.73 Å². The minimum Gasteiger partial charge on any atom is -0.398 e. The predicted octanol–water partition coefficient (Wildman–Crippen LogP) is 2.18. The van der Waals surface area contributed by atoms with Gasteiger partial charge in [0.15, 0.2) is 5.78 Å². The van der Waals surface area contributed by atoms with Gasteiger partial charge in [0, 0.05) is 11.3 Å². The van der Waals surface area contributed by atoms with E-state index in [-0.39, 0.29) is 18.5 Å². The van der Waals surface area contributed by atoms with Crippen LogP contribution in [0.4, 0.5) is 5.69 Å². The molecular weight excluding hydrogens is 190 g/mol. The molecule has 0 aliphatic carbocycles. The molecule has 0 bridgehead atoms. The van der Waals surface area contributed by atoms with E-state index in [4.69, 9.17) is 10.5 Å². The van der Waals surface area contributed by atoms with Crippen LogP contribution in [0.5, 0.6) is 0 Å². The lowest BCUT2D eigenvalue weighted by atomic mass is 10.1. The van der Waals surface area contributed by atoms with Crippen LogP contribution >= 0.6 is 0 Å². The highest BCUT2D eigenvalue weighted by molar-refractivity contribution is 6.01. The zero-order valence-corrected chi connectivity index (χ0v) is 9.41. The Morgan fingerprint density at radius 2 is 2.13 bits per heavy atom. The predicted molar refractivity (Wildman–Crippen MR) is 61.0 cm³/mol. The average Bonchev–Trinajstić information content (AvgIpc) is 2.18. The molecule has 0 unspecified atom stereocenters. The largest absolute Gasteiger partial charge is 0.398 e. The molecule has 0 atom stereocenters. The molecule has 1 rings (SSSR count). The van der Waals surface area contributed by atoms with Gasteiger partial charge in [0.05, 0.1) is 6.10 Å². The van der Waals surface area contributed by atoms with Crippen LogP contribution in [0.3, 0.4) is 0 Å². The summed E-state index contributed by atoms with van der Waals surface area (Å²) in [6.07, 6.45) is 0.0555. The van der Waals surface area contributed by atoms with Crippen molar-refractivity contribution in [3.8, 4) is 0 Å². The number of nitrogen functional groups attached to an aromatic ring is 1. The molecule has 0 heterocycles. The van der Waals surface area contributed by atoms with Gasteiger partial charge in [-0.15, -0.1) is 0 Å². The lowest BCUT2D eigenvalue weighted by Crippen LogP contribution is -2.15. The van der Waals surface area contributed by atoms with Gasteiger partial charge >= 0.3 is 0 Å². The van der Waals surface area contributed by atoms with Crippen molar-refractivity contribution in [1.29, 1.82) is 0 Å². The van der Waals surface area contributed by atoms with Crippen molar-refractivity contribution in [2.75, 3.05) is 12.3 Å². The Bertz CT molecular complexity index is 359. The van der Waals surface area contributed by atoms with Crippen LogP contribution in [0.25, 0.3) is 0 Å². The summed E-state index contributed by atoms with van der Waals surface area (Å²) in [4.78, 5) is 11.7. The molecule has 3 heteroatoms. The summed E-state index contributed by atoms with van der Waals surface area (Å²) in [5, 5.41) is 0. The molecule has 15 heavy (non-hydrogen) atoms. The number of carbonyl (C=O) groups excluding carboxylic acids is 1. The monoisotopic (exact) mass is 207 g/mol. The molecule has 0 saturated heterocycles. The first kappa shape index (κ1) is 11.7. The summed E-state index contributed by atoms with van der Waals surface area (Å²) in [5.74, 6) is -0.0649. The van der Waals surface area contributed by atoms with E-state index >= 15 is 0 Å². The quantitative estimate of drug-likeness (QED) is 0.608. The van der Waals surface area contributed by atoms with E-state index in [1.54, 1.807) is 12.1 Å². The standard InChI is InChI=1S/C12H17NO2/c1-8(2)15-7-12(14)10-6-9(3)4-5-11(10)13/h4-6,8H,7,13H2,1-3H3. The molecule has 0 fully saturated rings. The molecule has 3 nitrogen and oxygen atoms in total. The number of nitrogens with two attached hydrogens (primary N) is 1. The third kappa shape index (κ3) is 3.36. The Kier molecular flexibility index (Phi) is 3.86. The van der Waals surface area contributed by atoms with Crippen molar-refractivity contribution in [2.45, 2.75) is 26.9 Å². The molecule has 0 aliphatic rings. The van der Waals surface area contributed by atoms with Gasteiger partial charge in [0.1, 0.15) is 6.61 Å². The van der Waals surface area contributed by atoms with E-state index in [9.17, 15) is 4.79 Å². The zero-order valence-electron chi connectivity index (χ0n) is 9.41. The average molecular weight is 207 g/mol. The molecule has 82 valence electrons. The van der Waals surface area contributed by atoms with Gasteiger partial charge in [0.25, 0.3) is 0 Å². The lowest BCUT2D eigenvalue weighted by molar-refractivity contribution is 0.0585. The maximum absolute atomic E-state index is 11.7. The van der Waals surface area contributed by atoms with E-state index in [0.29, 0.717) is 11.3 Å². The highest BCUT2D eigenvalue weighted by Gasteiger charge is 2.10. The van der Waals surface area contributed by atoms with Crippen LogP contribution in [-0.2, 0) is 4.74 Å². The summed E-state index contributed by atoms with van der Waals surface area (Å²) in [6.45, 7) is 5.81. The summed E-state index contributed by atoms with van der Waals surface area (Å²) in [5.41, 5.74) is 7.81. The molecule has 0 aliphatic heterocycles. The van der Waals surface area contributed by atoms with Crippen LogP contribution in [-0.4, -0.2) is 18.5 Å². The molecule has 1 aromatic carbocycles. The minimum atomic E-state index is -0.0649. The van der Waals surface area contributed by atoms with E-state index in [2.05, 4.69) is 0 Å². The highest BCUT2D eigenvalue weighted by atomic mass is 16.5. The smallest absolute Gasteiger partial charge is 0.190 e. The number of aryl methyl sites for hydroxylation is 1. The van der Waals surface area contributed by atoms with Crippen molar-refractivity contribution in [3.63, 3.8) is 0 Å². The van der Waals surface area contributed by atoms with E-state index < -0.39 is 0 Å². The fourth-order valence-corrected chi connectivity index (χ4v) is 1.23. The molecule has 0 spiro atoms. The molecular formula is C12H17NO2. The molecule has 0 radical (unpaired) electrons. The minimum absolute atomic E-state index is 0.0555. The number of anilines is 1. The first-order valence-corrected chi connectivity index (χ1v) is 5.01. The van der Waals surface area contributed by atoms with E-state index in [1.807, 2.05) is 26.8 Å².